The molecule has 1 saturated heterocycles. The number of nitrogens with one attached hydrogen (secondary N) is 1. The zero-order chi connectivity index (χ0) is 25.7. The smallest absolute Gasteiger partial charge is 0.335 e. The number of nitrogens with zero attached hydrogens (tertiary/aromatic N) is 1. The molecule has 4 amide bonds. The molecule has 0 unspecified atom stereocenters. The average molecular weight is 487 g/mol. The first kappa shape index (κ1) is 24.5. The van der Waals surface area contributed by atoms with Crippen LogP contribution in [-0.4, -0.2) is 38.2 Å². The van der Waals surface area contributed by atoms with E-state index < -0.39 is 17.8 Å². The number of rotatable bonds is 8. The molecule has 1 aliphatic rings. The zero-order valence-corrected chi connectivity index (χ0v) is 20.2. The molecule has 0 atom stereocenters. The fourth-order valence-electron chi connectivity index (χ4n) is 3.66. The number of anilines is 1. The highest BCUT2D eigenvalue weighted by atomic mass is 16.5. The van der Waals surface area contributed by atoms with Crippen molar-refractivity contribution in [2.24, 2.45) is 0 Å². The molecule has 0 saturated carbocycles. The Balaban J connectivity index is 1.48. The SMILES string of the molecule is COc1cc(C=C2C(=O)NC(=O)N(c3cccc(C)c3)C2=O)ccc1OCCOc1ccc(C)cc1. The van der Waals surface area contributed by atoms with Crippen molar-refractivity contribution in [3.63, 3.8) is 0 Å². The van der Waals surface area contributed by atoms with Crippen molar-refractivity contribution in [3.8, 4) is 17.2 Å². The summed E-state index contributed by atoms with van der Waals surface area (Å²) >= 11 is 0. The quantitative estimate of drug-likeness (QED) is 0.288. The van der Waals surface area contributed by atoms with E-state index in [9.17, 15) is 14.4 Å². The number of aryl methyl sites for hydroxylation is 2. The molecule has 1 fully saturated rings. The van der Waals surface area contributed by atoms with Gasteiger partial charge in [-0.15, -0.1) is 0 Å². The van der Waals surface area contributed by atoms with E-state index in [1.807, 2.05) is 44.2 Å². The number of carbonyl (C=O) groups is 3. The molecule has 0 aliphatic carbocycles. The summed E-state index contributed by atoms with van der Waals surface area (Å²) < 4.78 is 16.9. The van der Waals surface area contributed by atoms with E-state index in [2.05, 4.69) is 5.32 Å². The van der Waals surface area contributed by atoms with Crippen molar-refractivity contribution in [2.75, 3.05) is 25.2 Å². The van der Waals surface area contributed by atoms with Crippen molar-refractivity contribution in [1.29, 1.82) is 0 Å². The van der Waals surface area contributed by atoms with Gasteiger partial charge in [-0.3, -0.25) is 14.9 Å². The number of carbonyl (C=O) groups excluding carboxylic acids is 3. The molecule has 4 rings (SSSR count). The summed E-state index contributed by atoms with van der Waals surface area (Å²) in [5, 5.41) is 2.23. The van der Waals surface area contributed by atoms with Gasteiger partial charge in [0.2, 0.25) is 0 Å². The van der Waals surface area contributed by atoms with Gasteiger partial charge in [-0.05, 0) is 67.4 Å². The molecule has 3 aromatic rings. The number of methoxy groups -OCH3 is 1. The van der Waals surface area contributed by atoms with Gasteiger partial charge >= 0.3 is 6.03 Å². The Kier molecular flexibility index (Phi) is 7.34. The van der Waals surface area contributed by atoms with Crippen LogP contribution in [0.5, 0.6) is 17.2 Å². The van der Waals surface area contributed by atoms with Gasteiger partial charge < -0.3 is 14.2 Å². The summed E-state index contributed by atoms with van der Waals surface area (Å²) in [6.45, 7) is 4.49. The molecule has 0 radical (unpaired) electrons. The van der Waals surface area contributed by atoms with Crippen LogP contribution >= 0.6 is 0 Å². The highest BCUT2D eigenvalue weighted by Crippen LogP contribution is 2.30. The van der Waals surface area contributed by atoms with Crippen LogP contribution in [0, 0.1) is 13.8 Å². The van der Waals surface area contributed by atoms with Crippen molar-refractivity contribution in [2.45, 2.75) is 13.8 Å². The summed E-state index contributed by atoms with van der Waals surface area (Å²) in [4.78, 5) is 38.9. The van der Waals surface area contributed by atoms with Crippen LogP contribution < -0.4 is 24.4 Å². The lowest BCUT2D eigenvalue weighted by Crippen LogP contribution is -2.54. The Morgan fingerprint density at radius 1 is 0.833 bits per heavy atom. The largest absolute Gasteiger partial charge is 0.493 e. The third-order valence-electron chi connectivity index (χ3n) is 5.49. The minimum absolute atomic E-state index is 0.168. The van der Waals surface area contributed by atoms with E-state index in [1.54, 1.807) is 36.4 Å². The first-order valence-electron chi connectivity index (χ1n) is 11.3. The van der Waals surface area contributed by atoms with E-state index in [4.69, 9.17) is 14.2 Å². The van der Waals surface area contributed by atoms with Crippen LogP contribution in [0.4, 0.5) is 10.5 Å². The molecular formula is C28H26N2O6. The van der Waals surface area contributed by atoms with Crippen LogP contribution in [-0.2, 0) is 9.59 Å². The summed E-state index contributed by atoms with van der Waals surface area (Å²) in [5.41, 5.74) is 2.77. The Labute approximate surface area is 209 Å². The van der Waals surface area contributed by atoms with Gasteiger partial charge in [0.25, 0.3) is 11.8 Å². The molecule has 0 bridgehead atoms. The molecular weight excluding hydrogens is 460 g/mol. The van der Waals surface area contributed by atoms with Gasteiger partial charge in [0, 0.05) is 0 Å². The second kappa shape index (κ2) is 10.8. The molecule has 3 aromatic carbocycles. The maximum Gasteiger partial charge on any atom is 0.335 e. The van der Waals surface area contributed by atoms with Crippen molar-refractivity contribution < 1.29 is 28.6 Å². The molecule has 8 heteroatoms. The minimum atomic E-state index is -0.790. The molecule has 1 aliphatic heterocycles. The Morgan fingerprint density at radius 3 is 2.31 bits per heavy atom. The number of imide groups is 2. The van der Waals surface area contributed by atoms with Gasteiger partial charge in [-0.25, -0.2) is 9.69 Å². The standard InChI is InChI=1S/C28H26N2O6/c1-18-7-10-22(11-8-18)35-13-14-36-24-12-9-20(17-25(24)34-3)16-23-26(31)29-28(33)30(27(23)32)21-6-4-5-19(2)15-21/h4-12,15-17H,13-14H2,1-3H3,(H,29,31,33). The van der Waals surface area contributed by atoms with Crippen LogP contribution in [0.15, 0.2) is 72.3 Å². The van der Waals surface area contributed by atoms with E-state index in [-0.39, 0.29) is 5.57 Å². The fourth-order valence-corrected chi connectivity index (χ4v) is 3.66. The number of urea groups is 1. The van der Waals surface area contributed by atoms with Gasteiger partial charge in [-0.2, -0.15) is 0 Å². The third-order valence-corrected chi connectivity index (χ3v) is 5.49. The number of amides is 4. The average Bonchev–Trinajstić information content (AvgIpc) is 2.86. The number of hydrogen-bond acceptors (Lipinski definition) is 6. The lowest BCUT2D eigenvalue weighted by atomic mass is 10.1. The van der Waals surface area contributed by atoms with E-state index in [1.165, 1.54) is 13.2 Å². The molecule has 36 heavy (non-hydrogen) atoms. The van der Waals surface area contributed by atoms with Gasteiger partial charge in [0.1, 0.15) is 24.5 Å². The van der Waals surface area contributed by atoms with Gasteiger partial charge in [0.15, 0.2) is 11.5 Å². The van der Waals surface area contributed by atoms with Gasteiger partial charge in [0.05, 0.1) is 12.8 Å². The van der Waals surface area contributed by atoms with Crippen LogP contribution in [0.2, 0.25) is 0 Å². The summed E-state index contributed by atoms with van der Waals surface area (Å²) in [6, 6.07) is 18.9. The fraction of sp³-hybridized carbons (Fsp3) is 0.179. The number of benzene rings is 3. The van der Waals surface area contributed by atoms with Crippen LogP contribution in [0.1, 0.15) is 16.7 Å². The molecule has 1 N–H and O–H groups in total. The van der Waals surface area contributed by atoms with Crippen molar-refractivity contribution in [3.05, 3.63) is 89.0 Å². The van der Waals surface area contributed by atoms with Crippen LogP contribution in [0.3, 0.4) is 0 Å². The molecule has 8 nitrogen and oxygen atoms in total. The second-order valence-corrected chi connectivity index (χ2v) is 8.22. The molecule has 0 spiro atoms. The predicted octanol–water partition coefficient (Wildman–Crippen LogP) is 4.44. The van der Waals surface area contributed by atoms with Crippen molar-refractivity contribution >= 4 is 29.6 Å². The lowest BCUT2D eigenvalue weighted by Gasteiger charge is -2.26. The van der Waals surface area contributed by atoms with E-state index in [0.717, 1.165) is 21.8 Å². The monoisotopic (exact) mass is 486 g/mol. The maximum absolute atomic E-state index is 13.1. The third kappa shape index (κ3) is 5.55. The normalized spacial score (nSPS) is 14.6. The van der Waals surface area contributed by atoms with Crippen LogP contribution in [0.25, 0.3) is 6.08 Å². The summed E-state index contributed by atoms with van der Waals surface area (Å²) in [6.07, 6.45) is 1.42. The first-order valence-corrected chi connectivity index (χ1v) is 11.3. The number of barbiturate groups is 1. The highest BCUT2D eigenvalue weighted by Gasteiger charge is 2.36. The second-order valence-electron chi connectivity index (χ2n) is 8.22. The first-order chi connectivity index (χ1) is 17.4. The molecule has 1 heterocycles. The van der Waals surface area contributed by atoms with E-state index in [0.29, 0.717) is 36.0 Å². The van der Waals surface area contributed by atoms with E-state index >= 15 is 0 Å². The Bertz CT molecular complexity index is 1330. The Morgan fingerprint density at radius 2 is 1.58 bits per heavy atom. The van der Waals surface area contributed by atoms with Gasteiger partial charge in [-0.1, -0.05) is 35.9 Å². The topological polar surface area (TPSA) is 94.2 Å². The lowest BCUT2D eigenvalue weighted by molar-refractivity contribution is -0.122. The number of hydrogen-bond donors (Lipinski definition) is 1. The molecule has 184 valence electrons. The number of ether oxygens (including phenoxy) is 3. The summed E-state index contributed by atoms with van der Waals surface area (Å²) in [7, 11) is 1.50. The van der Waals surface area contributed by atoms with Crippen molar-refractivity contribution in [1.82, 2.24) is 5.32 Å². The summed E-state index contributed by atoms with van der Waals surface area (Å²) in [5.74, 6) is 0.202. The Hall–Kier alpha value is -4.59. The molecule has 0 aromatic heterocycles. The highest BCUT2D eigenvalue weighted by molar-refractivity contribution is 6.39. The minimum Gasteiger partial charge on any atom is -0.493 e. The predicted molar refractivity (Wildman–Crippen MR) is 135 cm³/mol. The maximum atomic E-state index is 13.1. The zero-order valence-electron chi connectivity index (χ0n) is 20.2.